The summed E-state index contributed by atoms with van der Waals surface area (Å²) < 4.78 is 353. The minimum Gasteiger partial charge on any atom is -0.521 e. The van der Waals surface area contributed by atoms with Crippen molar-refractivity contribution < 1.29 is 110 Å². The van der Waals surface area contributed by atoms with Crippen LogP contribution in [0.4, 0.5) is 101 Å². The first-order chi connectivity index (χ1) is 26.8. The maximum absolute atomic E-state index is 17.2. The van der Waals surface area contributed by atoms with Crippen LogP contribution in [0.15, 0.2) is 5.83 Å². The lowest BCUT2D eigenvalue weighted by molar-refractivity contribution is 0.0401. The van der Waals surface area contributed by atoms with Crippen LogP contribution in [0.2, 0.25) is 0 Å². The van der Waals surface area contributed by atoms with Crippen molar-refractivity contribution in [1.29, 1.82) is 0 Å². The Kier molecular flexibility index (Phi) is 8.75. The molecule has 0 bridgehead atoms. The van der Waals surface area contributed by atoms with Crippen molar-refractivity contribution in [3.63, 3.8) is 0 Å². The number of hydrogen-bond acceptors (Lipinski definition) is 2. The summed E-state index contributed by atoms with van der Waals surface area (Å²) in [5.41, 5.74) is -22.6. The number of hydrogen-bond donors (Lipinski definition) is 0. The fourth-order valence-corrected chi connectivity index (χ4v) is 6.33. The van der Waals surface area contributed by atoms with Gasteiger partial charge in [-0.2, -0.15) is 17.6 Å². The zero-order valence-corrected chi connectivity index (χ0v) is 26.1. The van der Waals surface area contributed by atoms with Crippen LogP contribution in [-0.4, -0.2) is 7.12 Å². The predicted octanol–water partition coefficient (Wildman–Crippen LogP) is 11.4. The molecule has 0 fully saturated rings. The Morgan fingerprint density at radius 1 is 0.310 bits per heavy atom. The van der Waals surface area contributed by atoms with E-state index in [9.17, 15) is 52.7 Å². The molecule has 58 heavy (non-hydrogen) atoms. The molecule has 0 saturated heterocycles. The lowest BCUT2D eigenvalue weighted by Crippen LogP contribution is -2.50. The minimum atomic E-state index is -5.88. The summed E-state index contributed by atoms with van der Waals surface area (Å²) in [6, 6.07) is 0. The van der Waals surface area contributed by atoms with Gasteiger partial charge < -0.3 is 9.31 Å². The lowest BCUT2D eigenvalue weighted by atomic mass is 9.64. The van der Waals surface area contributed by atoms with Crippen molar-refractivity contribution in [2.45, 2.75) is 11.5 Å². The molecule has 7 rings (SSSR count). The van der Waals surface area contributed by atoms with Crippen LogP contribution in [0, 0.1) is 105 Å². The molecule has 0 spiro atoms. The predicted molar refractivity (Wildman–Crippen MR) is 143 cm³/mol. The molecule has 0 aliphatic heterocycles. The summed E-state index contributed by atoms with van der Waals surface area (Å²) in [4.78, 5) is 0. The number of benzene rings is 5. The number of fused-ring (bicyclic) bond motifs is 5. The molecule has 1 unspecified atom stereocenters. The van der Waals surface area contributed by atoms with E-state index in [-0.39, 0.29) is 0 Å². The Labute approximate surface area is 301 Å². The third-order valence-corrected chi connectivity index (χ3v) is 8.86. The molecule has 5 aromatic carbocycles. The van der Waals surface area contributed by atoms with Crippen molar-refractivity contribution in [2.24, 2.45) is 0 Å². The van der Waals surface area contributed by atoms with Crippen molar-refractivity contribution >= 4 is 23.7 Å². The van der Waals surface area contributed by atoms with Gasteiger partial charge in [-0.05, 0) is 0 Å². The number of halogens is 23. The molecule has 2 aliphatic carbocycles. The Hall–Kier alpha value is -5.85. The highest BCUT2D eigenvalue weighted by Gasteiger charge is 2.67. The molecule has 0 heterocycles. The van der Waals surface area contributed by atoms with E-state index in [1.165, 1.54) is 0 Å². The number of alkyl halides is 3. The second-order valence-electron chi connectivity index (χ2n) is 11.8. The average molecular weight is 864 g/mol. The molecule has 0 amide bonds. The summed E-state index contributed by atoms with van der Waals surface area (Å²) in [7, 11) is -4.89. The number of allylic oxidation sites excluding steroid dienone is 1. The van der Waals surface area contributed by atoms with Gasteiger partial charge in [0.1, 0.15) is 0 Å². The average Bonchev–Trinajstić information content (AvgIpc) is 3.55. The van der Waals surface area contributed by atoms with Gasteiger partial charge >= 0.3 is 13.0 Å². The molecule has 0 N–H and O–H groups in total. The van der Waals surface area contributed by atoms with Crippen LogP contribution in [0.1, 0.15) is 22.3 Å². The van der Waals surface area contributed by atoms with Crippen LogP contribution in [0.5, 0.6) is 11.5 Å². The Morgan fingerprint density at radius 2 is 0.655 bits per heavy atom. The van der Waals surface area contributed by atoms with Crippen molar-refractivity contribution in [3.8, 4) is 22.6 Å². The first-order valence-corrected chi connectivity index (χ1v) is 14.5. The summed E-state index contributed by atoms with van der Waals surface area (Å²) in [5, 5.41) is -5.29. The first kappa shape index (κ1) is 40.4. The van der Waals surface area contributed by atoms with E-state index in [0.717, 1.165) is 0 Å². The summed E-state index contributed by atoms with van der Waals surface area (Å²) in [6.07, 6.45) is 0. The van der Waals surface area contributed by atoms with Crippen LogP contribution in [0.25, 0.3) is 27.7 Å². The Morgan fingerprint density at radius 3 is 1.17 bits per heavy atom. The fourth-order valence-electron chi connectivity index (χ4n) is 6.33. The monoisotopic (exact) mass is 864 g/mol. The normalized spacial score (nSPS) is 16.7. The van der Waals surface area contributed by atoms with Crippen molar-refractivity contribution in [3.05, 3.63) is 133 Å². The van der Waals surface area contributed by atoms with Gasteiger partial charge in [0.15, 0.2) is 116 Å². The van der Waals surface area contributed by atoms with Gasteiger partial charge in [0.2, 0.25) is 11.6 Å². The van der Waals surface area contributed by atoms with E-state index < -0.39 is 191 Å². The molecule has 2 nitrogen and oxygen atoms in total. The molecule has 0 radical (unpaired) electrons. The van der Waals surface area contributed by atoms with Gasteiger partial charge in [0.05, 0.1) is 27.5 Å². The number of rotatable bonds is 5. The third-order valence-electron chi connectivity index (χ3n) is 8.86. The molecule has 26 heteroatoms. The summed E-state index contributed by atoms with van der Waals surface area (Å²) in [5.74, 6) is -75.9. The molecule has 0 aromatic heterocycles. The molecule has 304 valence electrons. The van der Waals surface area contributed by atoms with Crippen molar-refractivity contribution in [1.82, 2.24) is 0 Å². The highest BCUT2D eigenvalue weighted by Crippen LogP contribution is 2.60. The van der Waals surface area contributed by atoms with Crippen LogP contribution < -0.4 is 9.31 Å². The van der Waals surface area contributed by atoms with Crippen LogP contribution in [-0.2, 0) is 11.5 Å². The quantitative estimate of drug-likeness (QED) is 0.0759. The molecule has 1 atom stereocenters. The summed E-state index contributed by atoms with van der Waals surface area (Å²) in [6.45, 7) is 0. The maximum Gasteiger partial charge on any atom is 0.647 e. The van der Waals surface area contributed by atoms with E-state index in [0.29, 0.717) is 0 Å². The van der Waals surface area contributed by atoms with E-state index >= 15 is 48.3 Å². The van der Waals surface area contributed by atoms with Crippen LogP contribution in [0.3, 0.4) is 0 Å². The Bertz CT molecular complexity index is 2800. The highest BCUT2D eigenvalue weighted by molar-refractivity contribution is 6.52. The maximum atomic E-state index is 17.2. The Balaban J connectivity index is 1.62. The topological polar surface area (TPSA) is 18.5 Å². The molecule has 5 aromatic rings. The second kappa shape index (κ2) is 12.6. The molecule has 0 saturated carbocycles. The van der Waals surface area contributed by atoms with E-state index in [2.05, 4.69) is 9.31 Å². The van der Waals surface area contributed by atoms with Crippen LogP contribution >= 0.6 is 0 Å². The van der Waals surface area contributed by atoms with Crippen molar-refractivity contribution in [2.75, 3.05) is 0 Å². The first-order valence-electron chi connectivity index (χ1n) is 14.5. The van der Waals surface area contributed by atoms with E-state index in [4.69, 9.17) is 0 Å². The summed E-state index contributed by atoms with van der Waals surface area (Å²) >= 11 is 0. The SMILES string of the molecule is FC1=C(F)C(F)(B(Oc2c(F)c(F)c(F)c3c2C(F)(F)c2c(F)c(F)c(F)c(F)c2-3)Oc2c(F)c(F)c(F)c3c(F)c(F)c(F)c(F)c23)c2c(F)c(F)c(F)c(F)c21. The fraction of sp³-hybridized carbons (Fsp3) is 0.0625. The van der Waals surface area contributed by atoms with Gasteiger partial charge in [0, 0.05) is 16.7 Å². The van der Waals surface area contributed by atoms with E-state index in [1.54, 1.807) is 0 Å². The molecule has 2 aliphatic rings. The smallest absolute Gasteiger partial charge is 0.521 e. The van der Waals surface area contributed by atoms with E-state index in [1.807, 2.05) is 0 Å². The minimum absolute atomic E-state index is 2.54. The van der Waals surface area contributed by atoms with Gasteiger partial charge in [0.25, 0.3) is 5.57 Å². The lowest BCUT2D eigenvalue weighted by Gasteiger charge is -2.29. The standard InChI is InChI=1S/C32BF23O2/c34-9-1-2-8(32(55,56)7(1)17(42)25(50)18(9)43)29(27(52)22(47)10(2)35)58-33(31(54)6-5(15(40)30(31)53)14(39)21(46)24(49)16(6)41)57-28-4-3(12(37)23(48)26(28)51)11(36)19(44)20(45)13(4)38. The zero-order valence-electron chi connectivity index (χ0n) is 26.1. The van der Waals surface area contributed by atoms with Gasteiger partial charge in [-0.15, -0.1) is 0 Å². The zero-order chi connectivity index (χ0) is 43.3. The third kappa shape index (κ3) is 4.72. The largest absolute Gasteiger partial charge is 0.647 e. The van der Waals surface area contributed by atoms with Gasteiger partial charge in [-0.3, -0.25) is 0 Å². The molecular formula is C32BF23O2. The van der Waals surface area contributed by atoms with Gasteiger partial charge in [-0.1, -0.05) is 0 Å². The second-order valence-corrected chi connectivity index (χ2v) is 11.8. The highest BCUT2D eigenvalue weighted by atomic mass is 19.3. The molecular weight excluding hydrogens is 864 g/mol. The van der Waals surface area contributed by atoms with Gasteiger partial charge in [-0.25, -0.2) is 83.4 Å².